The highest BCUT2D eigenvalue weighted by Crippen LogP contribution is 2.26. The van der Waals surface area contributed by atoms with Crippen LogP contribution in [0.4, 0.5) is 5.69 Å². The summed E-state index contributed by atoms with van der Waals surface area (Å²) in [5, 5.41) is 1.10. The van der Waals surface area contributed by atoms with Crippen LogP contribution in [-0.4, -0.2) is 22.9 Å². The lowest BCUT2D eigenvalue weighted by Gasteiger charge is -2.37. The largest absolute Gasteiger partial charge is 0.368 e. The molecule has 0 aliphatic carbocycles. The molecule has 1 aliphatic heterocycles. The molecule has 0 spiro atoms. The molecule has 1 unspecified atom stereocenters. The number of alkyl halides is 1. The Morgan fingerprint density at radius 1 is 1.50 bits per heavy atom. The van der Waals surface area contributed by atoms with E-state index in [4.69, 9.17) is 0 Å². The predicted octanol–water partition coefficient (Wildman–Crippen LogP) is 3.53. The first-order chi connectivity index (χ1) is 7.81. The Labute approximate surface area is 106 Å². The van der Waals surface area contributed by atoms with Gasteiger partial charge in [0.1, 0.15) is 0 Å². The molecule has 2 rings (SSSR count). The molecular formula is C13H19BrN2. The van der Waals surface area contributed by atoms with E-state index in [1.54, 1.807) is 0 Å². The maximum atomic E-state index is 4.27. The molecule has 0 radical (unpaired) electrons. The van der Waals surface area contributed by atoms with Gasteiger partial charge in [-0.15, -0.1) is 0 Å². The van der Waals surface area contributed by atoms with Crippen molar-refractivity contribution in [3.63, 3.8) is 0 Å². The molecule has 0 N–H and O–H groups in total. The van der Waals surface area contributed by atoms with Crippen LogP contribution in [0.2, 0.25) is 0 Å². The number of hydrogen-bond acceptors (Lipinski definition) is 2. The minimum Gasteiger partial charge on any atom is -0.368 e. The third kappa shape index (κ3) is 2.76. The van der Waals surface area contributed by atoms with Crippen molar-refractivity contribution < 1.29 is 0 Å². The zero-order valence-corrected chi connectivity index (χ0v) is 11.4. The molecule has 1 saturated heterocycles. The molecule has 0 saturated carbocycles. The highest BCUT2D eigenvalue weighted by Gasteiger charge is 2.21. The number of nitrogens with zero attached hydrogens (tertiary/aromatic N) is 2. The lowest BCUT2D eigenvalue weighted by molar-refractivity contribution is 0.452. The fourth-order valence-electron chi connectivity index (χ4n) is 2.48. The Morgan fingerprint density at radius 3 is 3.12 bits per heavy atom. The molecular weight excluding hydrogens is 264 g/mol. The average Bonchev–Trinajstić information content (AvgIpc) is 2.30. The summed E-state index contributed by atoms with van der Waals surface area (Å²) in [7, 11) is 0. The van der Waals surface area contributed by atoms with Crippen molar-refractivity contribution in [3.05, 3.63) is 24.0 Å². The Morgan fingerprint density at radius 2 is 2.38 bits per heavy atom. The molecule has 16 heavy (non-hydrogen) atoms. The van der Waals surface area contributed by atoms with E-state index in [-0.39, 0.29) is 0 Å². The molecule has 0 bridgehead atoms. The lowest BCUT2D eigenvalue weighted by Crippen LogP contribution is -2.39. The van der Waals surface area contributed by atoms with E-state index < -0.39 is 0 Å². The van der Waals surface area contributed by atoms with Gasteiger partial charge < -0.3 is 4.90 Å². The van der Waals surface area contributed by atoms with Crippen LogP contribution in [-0.2, 0) is 0 Å². The van der Waals surface area contributed by atoms with Crippen molar-refractivity contribution in [3.8, 4) is 0 Å². The Hall–Kier alpha value is -0.570. The van der Waals surface area contributed by atoms with Gasteiger partial charge in [0, 0.05) is 35.5 Å². The molecule has 2 nitrogen and oxygen atoms in total. The Bertz CT molecular complexity index is 338. The van der Waals surface area contributed by atoms with Gasteiger partial charge in [0.15, 0.2) is 0 Å². The number of anilines is 1. The molecule has 0 aromatic carbocycles. The van der Waals surface area contributed by atoms with Gasteiger partial charge in [0.25, 0.3) is 0 Å². The van der Waals surface area contributed by atoms with Crippen LogP contribution in [0.15, 0.2) is 18.3 Å². The fourth-order valence-corrected chi connectivity index (χ4v) is 3.00. The van der Waals surface area contributed by atoms with Crippen molar-refractivity contribution in [2.75, 3.05) is 16.8 Å². The summed E-state index contributed by atoms with van der Waals surface area (Å²) in [6.07, 6.45) is 7.18. The molecule has 1 aromatic rings. The third-order valence-corrected chi connectivity index (χ3v) is 3.74. The van der Waals surface area contributed by atoms with Crippen molar-refractivity contribution in [2.24, 2.45) is 0 Å². The second kappa shape index (κ2) is 5.67. The minimum absolute atomic E-state index is 0.704. The van der Waals surface area contributed by atoms with Crippen LogP contribution >= 0.6 is 15.9 Å². The van der Waals surface area contributed by atoms with Gasteiger partial charge in [-0.2, -0.15) is 0 Å². The number of aryl methyl sites for hydroxylation is 1. The number of rotatable bonds is 3. The van der Waals surface area contributed by atoms with Crippen LogP contribution in [0, 0.1) is 6.92 Å². The summed E-state index contributed by atoms with van der Waals surface area (Å²) in [5.41, 5.74) is 2.46. The normalized spacial score (nSPS) is 21.1. The smallest absolute Gasteiger partial charge is 0.0402 e. The van der Waals surface area contributed by atoms with E-state index in [9.17, 15) is 0 Å². The summed E-state index contributed by atoms with van der Waals surface area (Å²) in [5.74, 6) is 0. The van der Waals surface area contributed by atoms with E-state index in [0.717, 1.165) is 11.0 Å². The van der Waals surface area contributed by atoms with Crippen molar-refractivity contribution in [1.29, 1.82) is 0 Å². The summed E-state index contributed by atoms with van der Waals surface area (Å²) in [6.45, 7) is 3.26. The predicted molar refractivity (Wildman–Crippen MR) is 72.4 cm³/mol. The van der Waals surface area contributed by atoms with Crippen LogP contribution < -0.4 is 4.90 Å². The Kier molecular flexibility index (Phi) is 4.22. The lowest BCUT2D eigenvalue weighted by atomic mass is 9.99. The van der Waals surface area contributed by atoms with Gasteiger partial charge in [-0.25, -0.2) is 0 Å². The van der Waals surface area contributed by atoms with E-state index >= 15 is 0 Å². The molecule has 1 atom stereocenters. The zero-order chi connectivity index (χ0) is 11.4. The quantitative estimate of drug-likeness (QED) is 0.789. The molecule has 3 heteroatoms. The van der Waals surface area contributed by atoms with E-state index in [2.05, 4.69) is 44.9 Å². The summed E-state index contributed by atoms with van der Waals surface area (Å²) >= 11 is 3.56. The van der Waals surface area contributed by atoms with Crippen LogP contribution in [0.25, 0.3) is 0 Å². The highest BCUT2D eigenvalue weighted by molar-refractivity contribution is 9.09. The van der Waals surface area contributed by atoms with Gasteiger partial charge >= 0.3 is 0 Å². The molecule has 2 heterocycles. The van der Waals surface area contributed by atoms with Crippen LogP contribution in [0.5, 0.6) is 0 Å². The SMILES string of the molecule is Cc1cc(N2CCCCC2CCBr)ccn1. The van der Waals surface area contributed by atoms with Crippen molar-refractivity contribution in [2.45, 2.75) is 38.6 Å². The highest BCUT2D eigenvalue weighted by atomic mass is 79.9. The molecule has 0 amide bonds. The maximum absolute atomic E-state index is 4.27. The summed E-state index contributed by atoms with van der Waals surface area (Å²) in [4.78, 5) is 6.82. The number of piperidine rings is 1. The standard InChI is InChI=1S/C13H19BrN2/c1-11-10-13(6-8-15-11)16-9-3-2-4-12(16)5-7-14/h6,8,10,12H,2-5,7,9H2,1H3. The van der Waals surface area contributed by atoms with Crippen LogP contribution in [0.3, 0.4) is 0 Å². The van der Waals surface area contributed by atoms with E-state index in [1.807, 2.05) is 6.20 Å². The second-order valence-electron chi connectivity index (χ2n) is 4.48. The summed E-state index contributed by atoms with van der Waals surface area (Å²) < 4.78 is 0. The van der Waals surface area contributed by atoms with Gasteiger partial charge in [0.2, 0.25) is 0 Å². The number of hydrogen-bond donors (Lipinski definition) is 0. The maximum Gasteiger partial charge on any atom is 0.0402 e. The monoisotopic (exact) mass is 282 g/mol. The first kappa shape index (κ1) is 11.9. The molecule has 1 fully saturated rings. The fraction of sp³-hybridized carbons (Fsp3) is 0.615. The number of aromatic nitrogens is 1. The van der Waals surface area contributed by atoms with Gasteiger partial charge in [-0.1, -0.05) is 15.9 Å². The molecule has 1 aliphatic rings. The first-order valence-electron chi connectivity index (χ1n) is 6.06. The molecule has 88 valence electrons. The minimum atomic E-state index is 0.704. The molecule has 1 aromatic heterocycles. The van der Waals surface area contributed by atoms with E-state index in [1.165, 1.54) is 37.9 Å². The van der Waals surface area contributed by atoms with Gasteiger partial charge in [-0.3, -0.25) is 4.98 Å². The van der Waals surface area contributed by atoms with Crippen molar-refractivity contribution in [1.82, 2.24) is 4.98 Å². The Balaban J connectivity index is 2.16. The average molecular weight is 283 g/mol. The second-order valence-corrected chi connectivity index (χ2v) is 5.27. The topological polar surface area (TPSA) is 16.1 Å². The number of pyridine rings is 1. The third-order valence-electron chi connectivity index (χ3n) is 3.28. The zero-order valence-electron chi connectivity index (χ0n) is 9.82. The van der Waals surface area contributed by atoms with Gasteiger partial charge in [0.05, 0.1) is 0 Å². The van der Waals surface area contributed by atoms with Crippen molar-refractivity contribution >= 4 is 21.6 Å². The summed E-state index contributed by atoms with van der Waals surface area (Å²) in [6, 6.07) is 5.04. The van der Waals surface area contributed by atoms with Crippen LogP contribution in [0.1, 0.15) is 31.4 Å². The van der Waals surface area contributed by atoms with E-state index in [0.29, 0.717) is 6.04 Å². The first-order valence-corrected chi connectivity index (χ1v) is 7.18. The van der Waals surface area contributed by atoms with Gasteiger partial charge in [-0.05, 0) is 44.7 Å². The number of halogens is 1.